The van der Waals surface area contributed by atoms with Crippen LogP contribution in [0, 0.1) is 0 Å². The van der Waals surface area contributed by atoms with E-state index in [9.17, 15) is 0 Å². The van der Waals surface area contributed by atoms with E-state index in [1.165, 1.54) is 32.8 Å². The third-order valence-electron chi connectivity index (χ3n) is 9.67. The second-order valence-corrected chi connectivity index (χ2v) is 14.0. The maximum absolute atomic E-state index is 6.72. The van der Waals surface area contributed by atoms with Gasteiger partial charge in [0.25, 0.3) is 0 Å². The van der Waals surface area contributed by atoms with Gasteiger partial charge in [-0.1, -0.05) is 81.4 Å². The molecule has 0 radical (unpaired) electrons. The van der Waals surface area contributed by atoms with Crippen LogP contribution in [0.25, 0.3) is 55.3 Å². The van der Waals surface area contributed by atoms with E-state index < -0.39 is 0 Å². The van der Waals surface area contributed by atoms with Crippen LogP contribution in [0.1, 0.15) is 26.3 Å². The minimum Gasteiger partial charge on any atom is -0.457 e. The van der Waals surface area contributed by atoms with Crippen molar-refractivity contribution in [1.29, 1.82) is 0 Å². The molecule has 0 fully saturated rings. The lowest BCUT2D eigenvalue weighted by Crippen LogP contribution is -2.24. The van der Waals surface area contributed by atoms with Crippen molar-refractivity contribution in [1.82, 2.24) is 19.0 Å². The number of para-hydroxylation sites is 3. The predicted molar refractivity (Wildman–Crippen MR) is 203 cm³/mol. The molecule has 1 aliphatic heterocycles. The summed E-state index contributed by atoms with van der Waals surface area (Å²) in [5, 5.41) is 4.84. The molecule has 1 aliphatic rings. The average Bonchev–Trinajstić information content (AvgIpc) is 3.77. The third-order valence-corrected chi connectivity index (χ3v) is 9.67. The average molecular weight is 640 g/mol. The van der Waals surface area contributed by atoms with Crippen LogP contribution in [-0.4, -0.2) is 32.7 Å². The standard InChI is InChI=1S/C43H37N5O/c1-43(2,3)29-23-31(46-27-41(45(4)28-46)48-39-20-9-5-15-34(39)35-16-6-10-21-40(35)48)26-33(24-29)49-32-14-11-13-30(25-32)47-38-19-8-7-17-36(38)37-18-12-22-44-42(37)47/h5-27H,28H2,1-4H3. The highest BCUT2D eigenvalue weighted by molar-refractivity contribution is 6.10. The van der Waals surface area contributed by atoms with Gasteiger partial charge in [0.15, 0.2) is 0 Å². The first-order chi connectivity index (χ1) is 23.8. The lowest BCUT2D eigenvalue weighted by Gasteiger charge is -2.25. The molecule has 0 saturated heterocycles. The SMILES string of the molecule is CN1CN(c2cc(Oc3cccc(-n4c5ccccc5c5cccnc54)c3)cc(C(C)(C)C)c2)C=C1n1c2ccccc2c2ccccc21. The Morgan fingerprint density at radius 2 is 1.20 bits per heavy atom. The number of fused-ring (bicyclic) bond motifs is 6. The van der Waals surface area contributed by atoms with E-state index >= 15 is 0 Å². The van der Waals surface area contributed by atoms with Gasteiger partial charge in [-0.3, -0.25) is 9.13 Å². The Hall–Kier alpha value is -6.01. The molecule has 0 spiro atoms. The summed E-state index contributed by atoms with van der Waals surface area (Å²) in [6.45, 7) is 7.48. The molecule has 0 saturated carbocycles. The van der Waals surface area contributed by atoms with Crippen molar-refractivity contribution in [3.8, 4) is 17.2 Å². The van der Waals surface area contributed by atoms with E-state index in [1.54, 1.807) is 0 Å². The summed E-state index contributed by atoms with van der Waals surface area (Å²) in [5.74, 6) is 2.71. The van der Waals surface area contributed by atoms with E-state index in [4.69, 9.17) is 9.72 Å². The molecule has 0 unspecified atom stereocenters. The fourth-order valence-corrected chi connectivity index (χ4v) is 7.25. The Balaban J connectivity index is 1.12. The Morgan fingerprint density at radius 3 is 1.90 bits per heavy atom. The molecule has 240 valence electrons. The molecule has 4 heterocycles. The van der Waals surface area contributed by atoms with Crippen LogP contribution >= 0.6 is 0 Å². The highest BCUT2D eigenvalue weighted by atomic mass is 16.5. The summed E-state index contributed by atoms with van der Waals surface area (Å²) in [6.07, 6.45) is 4.12. The first-order valence-electron chi connectivity index (χ1n) is 16.8. The molecule has 0 bridgehead atoms. The zero-order valence-corrected chi connectivity index (χ0v) is 28.1. The molecule has 0 amide bonds. The topological polar surface area (TPSA) is 38.5 Å². The molecule has 6 heteroatoms. The smallest absolute Gasteiger partial charge is 0.145 e. The van der Waals surface area contributed by atoms with Gasteiger partial charge in [-0.15, -0.1) is 0 Å². The molecule has 0 aliphatic carbocycles. The number of anilines is 1. The van der Waals surface area contributed by atoms with E-state index in [2.05, 4.69) is 168 Å². The van der Waals surface area contributed by atoms with Gasteiger partial charge in [0, 0.05) is 58.8 Å². The Kier molecular flexibility index (Phi) is 6.56. The van der Waals surface area contributed by atoms with Crippen molar-refractivity contribution in [2.24, 2.45) is 0 Å². The summed E-state index contributed by atoms with van der Waals surface area (Å²) >= 11 is 0. The maximum atomic E-state index is 6.72. The second kappa shape index (κ2) is 11.0. The fourth-order valence-electron chi connectivity index (χ4n) is 7.25. The largest absolute Gasteiger partial charge is 0.457 e. The van der Waals surface area contributed by atoms with Gasteiger partial charge in [0.05, 0.1) is 28.9 Å². The lowest BCUT2D eigenvalue weighted by molar-refractivity contribution is 0.476. The van der Waals surface area contributed by atoms with Crippen LogP contribution in [0.2, 0.25) is 0 Å². The van der Waals surface area contributed by atoms with Crippen LogP contribution in [-0.2, 0) is 5.41 Å². The van der Waals surface area contributed by atoms with Crippen molar-refractivity contribution in [3.05, 3.63) is 145 Å². The maximum Gasteiger partial charge on any atom is 0.145 e. The van der Waals surface area contributed by atoms with Gasteiger partial charge in [-0.2, -0.15) is 0 Å². The molecule has 0 atom stereocenters. The van der Waals surface area contributed by atoms with Gasteiger partial charge in [0.1, 0.15) is 23.0 Å². The first kappa shape index (κ1) is 29.2. The molecule has 49 heavy (non-hydrogen) atoms. The quantitative estimate of drug-likeness (QED) is 0.188. The van der Waals surface area contributed by atoms with Crippen molar-refractivity contribution < 1.29 is 4.74 Å². The second-order valence-electron chi connectivity index (χ2n) is 14.0. The van der Waals surface area contributed by atoms with Crippen LogP contribution in [0.3, 0.4) is 0 Å². The zero-order valence-electron chi connectivity index (χ0n) is 28.1. The molecule has 6 nitrogen and oxygen atoms in total. The predicted octanol–water partition coefficient (Wildman–Crippen LogP) is 10.5. The van der Waals surface area contributed by atoms with Crippen LogP contribution in [0.15, 0.2) is 140 Å². The van der Waals surface area contributed by atoms with Crippen LogP contribution in [0.4, 0.5) is 5.69 Å². The summed E-state index contributed by atoms with van der Waals surface area (Å²) in [4.78, 5) is 9.40. The van der Waals surface area contributed by atoms with E-state index in [-0.39, 0.29) is 5.41 Å². The number of ether oxygens (including phenoxy) is 1. The number of benzene rings is 5. The van der Waals surface area contributed by atoms with Gasteiger partial charge >= 0.3 is 0 Å². The van der Waals surface area contributed by atoms with Gasteiger partial charge < -0.3 is 14.5 Å². The number of hydrogen-bond acceptors (Lipinski definition) is 4. The molecule has 8 aromatic rings. The molecular weight excluding hydrogens is 603 g/mol. The minimum atomic E-state index is -0.0738. The van der Waals surface area contributed by atoms with E-state index in [1.807, 2.05) is 18.3 Å². The van der Waals surface area contributed by atoms with Crippen molar-refractivity contribution in [3.63, 3.8) is 0 Å². The number of aromatic nitrogens is 3. The molecule has 3 aromatic heterocycles. The summed E-state index contributed by atoms with van der Waals surface area (Å²) in [5.41, 5.74) is 7.70. The minimum absolute atomic E-state index is 0.0738. The number of nitrogens with zero attached hydrogens (tertiary/aromatic N) is 5. The van der Waals surface area contributed by atoms with Crippen LogP contribution in [0.5, 0.6) is 11.5 Å². The van der Waals surface area contributed by atoms with Crippen molar-refractivity contribution in [2.45, 2.75) is 26.2 Å². The summed E-state index contributed by atoms with van der Waals surface area (Å²) in [7, 11) is 2.16. The normalized spacial score (nSPS) is 13.7. The van der Waals surface area contributed by atoms with Gasteiger partial charge in [0.2, 0.25) is 0 Å². The lowest BCUT2D eigenvalue weighted by atomic mass is 9.86. The van der Waals surface area contributed by atoms with E-state index in [0.717, 1.165) is 51.9 Å². The first-order valence-corrected chi connectivity index (χ1v) is 16.8. The zero-order chi connectivity index (χ0) is 33.3. The molecule has 9 rings (SSSR count). The summed E-state index contributed by atoms with van der Waals surface area (Å²) < 4.78 is 11.3. The molecule has 0 N–H and O–H groups in total. The number of hydrogen-bond donors (Lipinski definition) is 0. The summed E-state index contributed by atoms with van der Waals surface area (Å²) in [6, 6.07) is 44.9. The monoisotopic (exact) mass is 639 g/mol. The Labute approximate surface area is 285 Å². The van der Waals surface area contributed by atoms with Crippen molar-refractivity contribution in [2.75, 3.05) is 18.6 Å². The van der Waals surface area contributed by atoms with Crippen LogP contribution < -0.4 is 9.64 Å². The van der Waals surface area contributed by atoms with Gasteiger partial charge in [-0.25, -0.2) is 4.98 Å². The molecular formula is C43H37N5O. The fraction of sp³-hybridized carbons (Fsp3) is 0.140. The Morgan fingerprint density at radius 1 is 0.592 bits per heavy atom. The van der Waals surface area contributed by atoms with Gasteiger partial charge in [-0.05, 0) is 65.6 Å². The number of pyridine rings is 1. The van der Waals surface area contributed by atoms with Crippen molar-refractivity contribution >= 4 is 55.3 Å². The highest BCUT2D eigenvalue weighted by Crippen LogP contribution is 2.39. The molecule has 5 aromatic carbocycles. The number of rotatable bonds is 5. The Bertz CT molecular complexity index is 2480. The highest BCUT2D eigenvalue weighted by Gasteiger charge is 2.26. The van der Waals surface area contributed by atoms with E-state index in [0.29, 0.717) is 0 Å². The third kappa shape index (κ3) is 4.82.